The SMILES string of the molecule is CC(CCNC(=O)Nc1cccc2ccccc12)C(=O)O. The zero-order valence-corrected chi connectivity index (χ0v) is 11.8. The molecule has 0 aliphatic heterocycles. The number of urea groups is 1. The van der Waals surface area contributed by atoms with Gasteiger partial charge >= 0.3 is 12.0 Å². The average molecular weight is 286 g/mol. The van der Waals surface area contributed by atoms with Crippen molar-refractivity contribution in [3.63, 3.8) is 0 Å². The number of anilines is 1. The third kappa shape index (κ3) is 3.95. The molecule has 0 saturated carbocycles. The van der Waals surface area contributed by atoms with E-state index in [9.17, 15) is 9.59 Å². The molecule has 0 saturated heterocycles. The molecular weight excluding hydrogens is 268 g/mol. The number of carboxylic acids is 1. The Labute approximate surface area is 123 Å². The van der Waals surface area contributed by atoms with Crippen LogP contribution in [0.1, 0.15) is 13.3 Å². The number of hydrogen-bond donors (Lipinski definition) is 3. The summed E-state index contributed by atoms with van der Waals surface area (Å²) in [6, 6.07) is 13.1. The molecule has 0 radical (unpaired) electrons. The van der Waals surface area contributed by atoms with E-state index < -0.39 is 11.9 Å². The van der Waals surface area contributed by atoms with Gasteiger partial charge in [-0.3, -0.25) is 4.79 Å². The average Bonchev–Trinajstić information content (AvgIpc) is 2.47. The van der Waals surface area contributed by atoms with Gasteiger partial charge in [0.15, 0.2) is 0 Å². The highest BCUT2D eigenvalue weighted by Crippen LogP contribution is 2.22. The molecule has 5 nitrogen and oxygen atoms in total. The van der Waals surface area contributed by atoms with Gasteiger partial charge in [0.05, 0.1) is 11.6 Å². The van der Waals surface area contributed by atoms with Crippen molar-refractivity contribution >= 4 is 28.5 Å². The van der Waals surface area contributed by atoms with Crippen LogP contribution in [0.4, 0.5) is 10.5 Å². The van der Waals surface area contributed by atoms with Crippen molar-refractivity contribution in [1.29, 1.82) is 0 Å². The fourth-order valence-electron chi connectivity index (χ4n) is 2.03. The first kappa shape index (κ1) is 14.8. The van der Waals surface area contributed by atoms with E-state index in [2.05, 4.69) is 10.6 Å². The van der Waals surface area contributed by atoms with Gasteiger partial charge < -0.3 is 15.7 Å². The van der Waals surface area contributed by atoms with Crippen molar-refractivity contribution < 1.29 is 14.7 Å². The summed E-state index contributed by atoms with van der Waals surface area (Å²) < 4.78 is 0. The second-order valence-corrected chi connectivity index (χ2v) is 4.94. The number of amides is 2. The second kappa shape index (κ2) is 6.74. The Bertz CT molecular complexity index is 650. The van der Waals surface area contributed by atoms with Gasteiger partial charge in [-0.2, -0.15) is 0 Å². The molecule has 0 heterocycles. The Morgan fingerprint density at radius 3 is 2.62 bits per heavy atom. The maximum Gasteiger partial charge on any atom is 0.319 e. The molecule has 2 aromatic carbocycles. The number of aliphatic carboxylic acids is 1. The second-order valence-electron chi connectivity index (χ2n) is 4.94. The molecule has 0 spiro atoms. The number of benzene rings is 2. The third-order valence-electron chi connectivity index (χ3n) is 3.32. The largest absolute Gasteiger partial charge is 0.481 e. The summed E-state index contributed by atoms with van der Waals surface area (Å²) in [7, 11) is 0. The summed E-state index contributed by atoms with van der Waals surface area (Å²) in [5.41, 5.74) is 0.733. The molecular formula is C16H18N2O3. The summed E-state index contributed by atoms with van der Waals surface area (Å²) in [4.78, 5) is 22.5. The number of nitrogens with one attached hydrogen (secondary N) is 2. The van der Waals surface area contributed by atoms with Crippen LogP contribution in [0.5, 0.6) is 0 Å². The number of carboxylic acid groups (broad SMARTS) is 1. The Kier molecular flexibility index (Phi) is 4.77. The van der Waals surface area contributed by atoms with Gasteiger partial charge in [0.2, 0.25) is 0 Å². The monoisotopic (exact) mass is 286 g/mol. The predicted octanol–water partition coefficient (Wildman–Crippen LogP) is 3.07. The number of rotatable bonds is 5. The minimum Gasteiger partial charge on any atom is -0.481 e. The highest BCUT2D eigenvalue weighted by atomic mass is 16.4. The number of carbonyl (C=O) groups excluding carboxylic acids is 1. The van der Waals surface area contributed by atoms with E-state index in [-0.39, 0.29) is 6.03 Å². The summed E-state index contributed by atoms with van der Waals surface area (Å²) in [6.45, 7) is 1.94. The van der Waals surface area contributed by atoms with Crippen LogP contribution in [-0.2, 0) is 4.79 Å². The molecule has 2 aromatic rings. The lowest BCUT2D eigenvalue weighted by Gasteiger charge is -2.11. The summed E-state index contributed by atoms with van der Waals surface area (Å²) >= 11 is 0. The first-order chi connectivity index (χ1) is 10.1. The fourth-order valence-corrected chi connectivity index (χ4v) is 2.03. The van der Waals surface area contributed by atoms with Crippen molar-refractivity contribution in [3.05, 3.63) is 42.5 Å². The van der Waals surface area contributed by atoms with E-state index >= 15 is 0 Å². The smallest absolute Gasteiger partial charge is 0.319 e. The lowest BCUT2D eigenvalue weighted by Crippen LogP contribution is -2.31. The Hall–Kier alpha value is -2.56. The standard InChI is InChI=1S/C16H18N2O3/c1-11(15(19)20)9-10-17-16(21)18-14-8-4-6-12-5-2-3-7-13(12)14/h2-8,11H,9-10H2,1H3,(H,19,20)(H2,17,18,21). The van der Waals surface area contributed by atoms with Crippen LogP contribution < -0.4 is 10.6 Å². The zero-order chi connectivity index (χ0) is 15.2. The van der Waals surface area contributed by atoms with Gasteiger partial charge in [-0.1, -0.05) is 43.3 Å². The molecule has 1 atom stereocenters. The van der Waals surface area contributed by atoms with Crippen LogP contribution in [0.25, 0.3) is 10.8 Å². The van der Waals surface area contributed by atoms with E-state index in [4.69, 9.17) is 5.11 Å². The van der Waals surface area contributed by atoms with Crippen LogP contribution in [0.2, 0.25) is 0 Å². The molecule has 0 fully saturated rings. The van der Waals surface area contributed by atoms with Crippen molar-refractivity contribution in [3.8, 4) is 0 Å². The van der Waals surface area contributed by atoms with Crippen LogP contribution in [0.3, 0.4) is 0 Å². The highest BCUT2D eigenvalue weighted by Gasteiger charge is 2.11. The van der Waals surface area contributed by atoms with Crippen molar-refractivity contribution in [2.24, 2.45) is 5.92 Å². The summed E-state index contributed by atoms with van der Waals surface area (Å²) in [6.07, 6.45) is 0.401. The molecule has 21 heavy (non-hydrogen) atoms. The van der Waals surface area contributed by atoms with Crippen LogP contribution in [0.15, 0.2) is 42.5 Å². The molecule has 3 N–H and O–H groups in total. The van der Waals surface area contributed by atoms with Crippen molar-refractivity contribution in [2.75, 3.05) is 11.9 Å². The normalized spacial score (nSPS) is 11.9. The lowest BCUT2D eigenvalue weighted by atomic mass is 10.1. The Balaban J connectivity index is 1.94. The fraction of sp³-hybridized carbons (Fsp3) is 0.250. The minimum atomic E-state index is -0.855. The Morgan fingerprint density at radius 2 is 1.86 bits per heavy atom. The van der Waals surface area contributed by atoms with E-state index in [1.54, 1.807) is 6.92 Å². The number of hydrogen-bond acceptors (Lipinski definition) is 2. The zero-order valence-electron chi connectivity index (χ0n) is 11.8. The third-order valence-corrected chi connectivity index (χ3v) is 3.32. The summed E-state index contributed by atoms with van der Waals surface area (Å²) in [5.74, 6) is -1.32. The van der Waals surface area contributed by atoms with E-state index in [1.807, 2.05) is 42.5 Å². The van der Waals surface area contributed by atoms with E-state index in [0.29, 0.717) is 13.0 Å². The molecule has 2 rings (SSSR count). The molecule has 110 valence electrons. The summed E-state index contributed by atoms with van der Waals surface area (Å²) in [5, 5.41) is 16.2. The molecule has 0 aromatic heterocycles. The van der Waals surface area contributed by atoms with Gasteiger partial charge in [-0.05, 0) is 17.9 Å². The van der Waals surface area contributed by atoms with Crippen LogP contribution in [-0.4, -0.2) is 23.7 Å². The minimum absolute atomic E-state index is 0.323. The first-order valence-electron chi connectivity index (χ1n) is 6.83. The van der Waals surface area contributed by atoms with Gasteiger partial charge in [-0.25, -0.2) is 4.79 Å². The molecule has 0 aliphatic carbocycles. The van der Waals surface area contributed by atoms with E-state index in [1.165, 1.54) is 0 Å². The predicted molar refractivity (Wildman–Crippen MR) is 82.4 cm³/mol. The maximum absolute atomic E-state index is 11.8. The number of fused-ring (bicyclic) bond motifs is 1. The Morgan fingerprint density at radius 1 is 1.14 bits per heavy atom. The molecule has 0 bridgehead atoms. The molecule has 5 heteroatoms. The van der Waals surface area contributed by atoms with Crippen molar-refractivity contribution in [1.82, 2.24) is 5.32 Å². The first-order valence-corrected chi connectivity index (χ1v) is 6.83. The van der Waals surface area contributed by atoms with Gasteiger partial charge in [-0.15, -0.1) is 0 Å². The van der Waals surface area contributed by atoms with Crippen LogP contribution in [0, 0.1) is 5.92 Å². The van der Waals surface area contributed by atoms with Crippen LogP contribution >= 0.6 is 0 Å². The van der Waals surface area contributed by atoms with E-state index in [0.717, 1.165) is 16.5 Å². The maximum atomic E-state index is 11.8. The molecule has 0 aliphatic rings. The number of carbonyl (C=O) groups is 2. The van der Waals surface area contributed by atoms with Gasteiger partial charge in [0.25, 0.3) is 0 Å². The lowest BCUT2D eigenvalue weighted by molar-refractivity contribution is -0.141. The quantitative estimate of drug-likeness (QED) is 0.790. The topological polar surface area (TPSA) is 78.4 Å². The van der Waals surface area contributed by atoms with Crippen molar-refractivity contribution in [2.45, 2.75) is 13.3 Å². The molecule has 2 amide bonds. The molecule has 1 unspecified atom stereocenters. The highest BCUT2D eigenvalue weighted by molar-refractivity contribution is 6.01. The van der Waals surface area contributed by atoms with Gasteiger partial charge in [0, 0.05) is 11.9 Å². The van der Waals surface area contributed by atoms with Gasteiger partial charge in [0.1, 0.15) is 0 Å².